The predicted molar refractivity (Wildman–Crippen MR) is 96.0 cm³/mol. The summed E-state index contributed by atoms with van der Waals surface area (Å²) < 4.78 is 3.87. The van der Waals surface area contributed by atoms with Crippen molar-refractivity contribution in [3.05, 3.63) is 59.7 Å². The summed E-state index contributed by atoms with van der Waals surface area (Å²) in [5.41, 5.74) is 3.90. The summed E-state index contributed by atoms with van der Waals surface area (Å²) in [6.45, 7) is 6.99. The summed E-state index contributed by atoms with van der Waals surface area (Å²) in [6, 6.07) is 11.8. The Kier molecular flexibility index (Phi) is 4.85. The number of carbonyl (C=O) groups excluding carboxylic acids is 1. The molecule has 0 aliphatic carbocycles. The van der Waals surface area contributed by atoms with Crippen LogP contribution in [0.5, 0.6) is 0 Å². The highest BCUT2D eigenvalue weighted by atomic mass is 32.2. The zero-order valence-corrected chi connectivity index (χ0v) is 14.9. The number of rotatable bonds is 6. The molecule has 6 heteroatoms. The first-order chi connectivity index (χ1) is 11.6. The van der Waals surface area contributed by atoms with Gasteiger partial charge in [0.15, 0.2) is 5.78 Å². The highest BCUT2D eigenvalue weighted by molar-refractivity contribution is 7.99. The molecule has 0 fully saturated rings. The number of hydrogen-bond acceptors (Lipinski definition) is 4. The van der Waals surface area contributed by atoms with Crippen LogP contribution in [0.15, 0.2) is 47.9 Å². The fourth-order valence-corrected chi connectivity index (χ4v) is 3.48. The molecule has 0 N–H and O–H groups in total. The topological polar surface area (TPSA) is 52.7 Å². The molecule has 0 spiro atoms. The molecule has 0 bridgehead atoms. The van der Waals surface area contributed by atoms with Crippen LogP contribution < -0.4 is 0 Å². The second-order valence-electron chi connectivity index (χ2n) is 5.55. The van der Waals surface area contributed by atoms with Crippen molar-refractivity contribution in [2.45, 2.75) is 32.5 Å². The number of benzene rings is 1. The molecular formula is C18H20N4OS. The van der Waals surface area contributed by atoms with Crippen LogP contribution in [0.4, 0.5) is 0 Å². The van der Waals surface area contributed by atoms with Gasteiger partial charge in [-0.25, -0.2) is 9.67 Å². The molecule has 0 unspecified atom stereocenters. The monoisotopic (exact) mass is 340 g/mol. The molecule has 0 aliphatic rings. The summed E-state index contributed by atoms with van der Waals surface area (Å²) in [5.74, 6) is 0.455. The Balaban J connectivity index is 1.68. The number of ketones is 1. The van der Waals surface area contributed by atoms with Gasteiger partial charge < -0.3 is 4.57 Å². The van der Waals surface area contributed by atoms with E-state index in [2.05, 4.69) is 21.6 Å². The number of carbonyl (C=O) groups is 1. The van der Waals surface area contributed by atoms with E-state index in [-0.39, 0.29) is 5.78 Å². The van der Waals surface area contributed by atoms with Crippen molar-refractivity contribution in [3.8, 4) is 5.69 Å². The number of nitrogens with zero attached hydrogens (tertiary/aromatic N) is 4. The molecule has 2 heterocycles. The number of Topliss-reactive ketones (excluding diaryl/α,β-unsaturated/α-hetero) is 1. The van der Waals surface area contributed by atoms with E-state index in [0.717, 1.165) is 29.2 Å². The Bertz CT molecular complexity index is 851. The van der Waals surface area contributed by atoms with Gasteiger partial charge in [0.05, 0.1) is 11.4 Å². The first-order valence-corrected chi connectivity index (χ1v) is 8.88. The Morgan fingerprint density at radius 3 is 2.62 bits per heavy atom. The summed E-state index contributed by atoms with van der Waals surface area (Å²) in [7, 11) is 0. The van der Waals surface area contributed by atoms with E-state index in [1.807, 2.05) is 50.2 Å². The van der Waals surface area contributed by atoms with Crippen molar-refractivity contribution in [1.29, 1.82) is 0 Å². The molecule has 124 valence electrons. The second-order valence-corrected chi connectivity index (χ2v) is 6.49. The number of thioether (sulfide) groups is 1. The SMILES string of the molecule is CCn1c(C)cc(C(=O)CSc2ncn(-c3ccccc3)n2)c1C. The van der Waals surface area contributed by atoms with Crippen molar-refractivity contribution in [2.75, 3.05) is 5.75 Å². The highest BCUT2D eigenvalue weighted by Gasteiger charge is 2.16. The molecule has 0 atom stereocenters. The van der Waals surface area contributed by atoms with E-state index in [4.69, 9.17) is 0 Å². The van der Waals surface area contributed by atoms with Crippen LogP contribution in [0.2, 0.25) is 0 Å². The summed E-state index contributed by atoms with van der Waals surface area (Å²) >= 11 is 1.37. The first kappa shape index (κ1) is 16.5. The van der Waals surface area contributed by atoms with Gasteiger partial charge in [-0.1, -0.05) is 30.0 Å². The van der Waals surface area contributed by atoms with E-state index in [1.54, 1.807) is 11.0 Å². The minimum atomic E-state index is 0.115. The van der Waals surface area contributed by atoms with Crippen molar-refractivity contribution >= 4 is 17.5 Å². The van der Waals surface area contributed by atoms with E-state index in [9.17, 15) is 4.79 Å². The maximum atomic E-state index is 12.5. The van der Waals surface area contributed by atoms with Crippen LogP contribution in [0, 0.1) is 13.8 Å². The van der Waals surface area contributed by atoms with E-state index < -0.39 is 0 Å². The van der Waals surface area contributed by atoms with Crippen molar-refractivity contribution in [3.63, 3.8) is 0 Å². The van der Waals surface area contributed by atoms with Gasteiger partial charge in [-0.15, -0.1) is 5.10 Å². The third kappa shape index (κ3) is 3.28. The molecule has 3 rings (SSSR count). The highest BCUT2D eigenvalue weighted by Crippen LogP contribution is 2.20. The van der Waals surface area contributed by atoms with Crippen LogP contribution in [0.3, 0.4) is 0 Å². The first-order valence-electron chi connectivity index (χ1n) is 7.90. The number of para-hydroxylation sites is 1. The Labute approximate surface area is 145 Å². The number of aromatic nitrogens is 4. The second kappa shape index (κ2) is 7.05. The van der Waals surface area contributed by atoms with Gasteiger partial charge in [0.25, 0.3) is 0 Å². The van der Waals surface area contributed by atoms with Crippen LogP contribution in [0.1, 0.15) is 28.7 Å². The number of aryl methyl sites for hydroxylation is 1. The molecule has 0 amide bonds. The maximum absolute atomic E-state index is 12.5. The lowest BCUT2D eigenvalue weighted by molar-refractivity contribution is 0.102. The van der Waals surface area contributed by atoms with E-state index in [0.29, 0.717) is 10.9 Å². The molecule has 3 aromatic rings. The zero-order chi connectivity index (χ0) is 17.1. The maximum Gasteiger partial charge on any atom is 0.209 e. The predicted octanol–water partition coefficient (Wildman–Crippen LogP) is 3.68. The minimum Gasteiger partial charge on any atom is -0.349 e. The molecular weight excluding hydrogens is 320 g/mol. The van der Waals surface area contributed by atoms with Gasteiger partial charge in [0.1, 0.15) is 6.33 Å². The van der Waals surface area contributed by atoms with E-state index in [1.165, 1.54) is 11.8 Å². The Morgan fingerprint density at radius 2 is 1.96 bits per heavy atom. The lowest BCUT2D eigenvalue weighted by Crippen LogP contribution is -2.06. The molecule has 0 radical (unpaired) electrons. The summed E-state index contributed by atoms with van der Waals surface area (Å²) in [6.07, 6.45) is 1.67. The normalized spacial score (nSPS) is 11.0. The Hall–Kier alpha value is -2.34. The largest absolute Gasteiger partial charge is 0.349 e. The van der Waals surface area contributed by atoms with Crippen LogP contribution in [-0.2, 0) is 6.54 Å². The lowest BCUT2D eigenvalue weighted by atomic mass is 10.2. The average molecular weight is 340 g/mol. The fraction of sp³-hybridized carbons (Fsp3) is 0.278. The van der Waals surface area contributed by atoms with Crippen molar-refractivity contribution in [2.24, 2.45) is 0 Å². The molecule has 0 saturated heterocycles. The van der Waals surface area contributed by atoms with Crippen LogP contribution in [0.25, 0.3) is 5.69 Å². The zero-order valence-electron chi connectivity index (χ0n) is 14.1. The third-order valence-electron chi connectivity index (χ3n) is 4.01. The average Bonchev–Trinajstić information content (AvgIpc) is 3.18. The van der Waals surface area contributed by atoms with Gasteiger partial charge in [-0.3, -0.25) is 4.79 Å². The smallest absolute Gasteiger partial charge is 0.209 e. The molecule has 5 nitrogen and oxygen atoms in total. The number of hydrogen-bond donors (Lipinski definition) is 0. The van der Waals surface area contributed by atoms with Gasteiger partial charge in [0, 0.05) is 23.5 Å². The molecule has 24 heavy (non-hydrogen) atoms. The van der Waals surface area contributed by atoms with E-state index >= 15 is 0 Å². The van der Waals surface area contributed by atoms with Gasteiger partial charge in [0.2, 0.25) is 5.16 Å². The third-order valence-corrected chi connectivity index (χ3v) is 4.87. The summed E-state index contributed by atoms with van der Waals surface area (Å²) in [4.78, 5) is 16.8. The molecule has 2 aromatic heterocycles. The van der Waals surface area contributed by atoms with Gasteiger partial charge in [-0.2, -0.15) is 0 Å². The van der Waals surface area contributed by atoms with Gasteiger partial charge >= 0.3 is 0 Å². The summed E-state index contributed by atoms with van der Waals surface area (Å²) in [5, 5.41) is 5.03. The minimum absolute atomic E-state index is 0.115. The molecule has 0 saturated carbocycles. The molecule has 1 aromatic carbocycles. The van der Waals surface area contributed by atoms with Crippen LogP contribution >= 0.6 is 11.8 Å². The Morgan fingerprint density at radius 1 is 1.21 bits per heavy atom. The standard InChI is InChI=1S/C18H20N4OS/c1-4-21-13(2)10-16(14(21)3)17(23)11-24-18-19-12-22(20-18)15-8-6-5-7-9-15/h5-10,12H,4,11H2,1-3H3. The molecule has 0 aliphatic heterocycles. The van der Waals surface area contributed by atoms with Crippen molar-refractivity contribution in [1.82, 2.24) is 19.3 Å². The lowest BCUT2D eigenvalue weighted by Gasteiger charge is -2.05. The van der Waals surface area contributed by atoms with Crippen LogP contribution in [-0.4, -0.2) is 30.9 Å². The fourth-order valence-electron chi connectivity index (χ4n) is 2.80. The quantitative estimate of drug-likeness (QED) is 0.507. The van der Waals surface area contributed by atoms with Crippen molar-refractivity contribution < 1.29 is 4.79 Å². The van der Waals surface area contributed by atoms with Gasteiger partial charge in [-0.05, 0) is 39.0 Å².